The second kappa shape index (κ2) is 8.37. The molecule has 0 aliphatic carbocycles. The van der Waals surface area contributed by atoms with Gasteiger partial charge in [-0.25, -0.2) is 0 Å². The van der Waals surface area contributed by atoms with E-state index >= 15 is 0 Å². The van der Waals surface area contributed by atoms with Gasteiger partial charge in [-0.2, -0.15) is 4.98 Å². The molecule has 5 nitrogen and oxygen atoms in total. The lowest BCUT2D eigenvalue weighted by Crippen LogP contribution is -2.31. The fraction of sp³-hybridized carbons (Fsp3) is 0.150. The summed E-state index contributed by atoms with van der Waals surface area (Å²) in [5, 5.41) is 4.76. The first-order chi connectivity index (χ1) is 13.0. The highest BCUT2D eigenvalue weighted by molar-refractivity contribution is 6.36. The minimum absolute atomic E-state index is 0.141. The SMILES string of the molecule is C=CCN(Cc1nc(-c2cccc(C)c2)no1)C(=O)c1ccc(Cl)cc1Cl. The summed E-state index contributed by atoms with van der Waals surface area (Å²) >= 11 is 12.1. The number of halogens is 2. The Kier molecular flexibility index (Phi) is 5.94. The first-order valence-electron chi connectivity index (χ1n) is 8.23. The number of aromatic nitrogens is 2. The molecule has 3 aromatic rings. The van der Waals surface area contributed by atoms with Crippen molar-refractivity contribution in [2.75, 3.05) is 6.54 Å². The summed E-state index contributed by atoms with van der Waals surface area (Å²) in [7, 11) is 0. The van der Waals surface area contributed by atoms with E-state index in [4.69, 9.17) is 27.7 Å². The molecule has 7 heteroatoms. The maximum absolute atomic E-state index is 12.9. The van der Waals surface area contributed by atoms with Crippen molar-refractivity contribution in [2.24, 2.45) is 0 Å². The van der Waals surface area contributed by atoms with Crippen LogP contribution in [0.2, 0.25) is 10.0 Å². The maximum Gasteiger partial charge on any atom is 0.256 e. The molecule has 0 spiro atoms. The van der Waals surface area contributed by atoms with Gasteiger partial charge in [-0.15, -0.1) is 6.58 Å². The zero-order valence-corrected chi connectivity index (χ0v) is 16.2. The predicted octanol–water partition coefficient (Wildman–Crippen LogP) is 5.18. The van der Waals surface area contributed by atoms with Gasteiger partial charge in [0.05, 0.1) is 10.6 Å². The van der Waals surface area contributed by atoms with Crippen LogP contribution in [-0.4, -0.2) is 27.5 Å². The standard InChI is InChI=1S/C20H17Cl2N3O2/c1-3-9-25(20(26)16-8-7-15(21)11-17(16)22)12-18-23-19(24-27-18)14-6-4-5-13(2)10-14/h3-8,10-11H,1,9,12H2,2H3. The molecular weight excluding hydrogens is 385 g/mol. The molecule has 1 aromatic heterocycles. The number of nitrogens with zero attached hydrogens (tertiary/aromatic N) is 3. The van der Waals surface area contributed by atoms with Gasteiger partial charge in [0.1, 0.15) is 6.54 Å². The molecule has 2 aromatic carbocycles. The molecular formula is C20H17Cl2N3O2. The van der Waals surface area contributed by atoms with Crippen molar-refractivity contribution >= 4 is 29.1 Å². The van der Waals surface area contributed by atoms with E-state index in [2.05, 4.69) is 16.7 Å². The quantitative estimate of drug-likeness (QED) is 0.533. The molecule has 1 amide bonds. The lowest BCUT2D eigenvalue weighted by atomic mass is 10.1. The molecule has 27 heavy (non-hydrogen) atoms. The molecule has 1 heterocycles. The number of carbonyl (C=O) groups excluding carboxylic acids is 1. The second-order valence-electron chi connectivity index (χ2n) is 5.98. The van der Waals surface area contributed by atoms with Gasteiger partial charge in [-0.1, -0.05) is 58.2 Å². The van der Waals surface area contributed by atoms with Crippen molar-refractivity contribution in [1.29, 1.82) is 0 Å². The molecule has 0 radical (unpaired) electrons. The number of aryl methyl sites for hydroxylation is 1. The van der Waals surface area contributed by atoms with Crippen molar-refractivity contribution in [2.45, 2.75) is 13.5 Å². The van der Waals surface area contributed by atoms with Crippen LogP contribution in [-0.2, 0) is 6.54 Å². The average molecular weight is 402 g/mol. The van der Waals surface area contributed by atoms with Crippen LogP contribution in [0.3, 0.4) is 0 Å². The first-order valence-corrected chi connectivity index (χ1v) is 8.98. The van der Waals surface area contributed by atoms with E-state index in [9.17, 15) is 4.79 Å². The molecule has 138 valence electrons. The summed E-state index contributed by atoms with van der Waals surface area (Å²) in [6, 6.07) is 12.5. The summed E-state index contributed by atoms with van der Waals surface area (Å²) in [6.45, 7) is 6.14. The van der Waals surface area contributed by atoms with E-state index in [1.807, 2.05) is 31.2 Å². The van der Waals surface area contributed by atoms with E-state index in [1.165, 1.54) is 11.0 Å². The van der Waals surface area contributed by atoms with Crippen LogP contribution in [0.15, 0.2) is 59.6 Å². The Morgan fingerprint density at radius 3 is 2.78 bits per heavy atom. The molecule has 0 N–H and O–H groups in total. The highest BCUT2D eigenvalue weighted by Crippen LogP contribution is 2.23. The second-order valence-corrected chi connectivity index (χ2v) is 6.82. The number of benzene rings is 2. The zero-order valence-electron chi connectivity index (χ0n) is 14.7. The smallest absolute Gasteiger partial charge is 0.256 e. The highest BCUT2D eigenvalue weighted by Gasteiger charge is 2.21. The van der Waals surface area contributed by atoms with Gasteiger partial charge < -0.3 is 9.42 Å². The van der Waals surface area contributed by atoms with Crippen LogP contribution in [0.25, 0.3) is 11.4 Å². The summed E-state index contributed by atoms with van der Waals surface area (Å²) in [4.78, 5) is 18.8. The Bertz CT molecular complexity index is 985. The van der Waals surface area contributed by atoms with Crippen LogP contribution >= 0.6 is 23.2 Å². The van der Waals surface area contributed by atoms with Gasteiger partial charge >= 0.3 is 0 Å². The summed E-state index contributed by atoms with van der Waals surface area (Å²) < 4.78 is 5.33. The molecule has 0 bridgehead atoms. The van der Waals surface area contributed by atoms with Gasteiger partial charge in [0, 0.05) is 17.1 Å². The van der Waals surface area contributed by atoms with Crippen LogP contribution in [0.4, 0.5) is 0 Å². The van der Waals surface area contributed by atoms with Gasteiger partial charge in [-0.3, -0.25) is 4.79 Å². The molecule has 0 aliphatic heterocycles. The number of hydrogen-bond acceptors (Lipinski definition) is 4. The number of amides is 1. The predicted molar refractivity (Wildman–Crippen MR) is 106 cm³/mol. The van der Waals surface area contributed by atoms with Gasteiger partial charge in [0.25, 0.3) is 5.91 Å². The lowest BCUT2D eigenvalue weighted by Gasteiger charge is -2.19. The molecule has 0 fully saturated rings. The minimum Gasteiger partial charge on any atom is -0.337 e. The molecule has 0 atom stereocenters. The topological polar surface area (TPSA) is 59.2 Å². The van der Waals surface area contributed by atoms with E-state index < -0.39 is 0 Å². The summed E-state index contributed by atoms with van der Waals surface area (Å²) in [5.74, 6) is 0.530. The fourth-order valence-electron chi connectivity index (χ4n) is 2.59. The zero-order chi connectivity index (χ0) is 19.4. The number of rotatable bonds is 6. The van der Waals surface area contributed by atoms with Gasteiger partial charge in [0.2, 0.25) is 11.7 Å². The van der Waals surface area contributed by atoms with Crippen molar-refractivity contribution in [1.82, 2.24) is 15.0 Å². The monoisotopic (exact) mass is 401 g/mol. The minimum atomic E-state index is -0.271. The first kappa shape index (κ1) is 19.1. The summed E-state index contributed by atoms with van der Waals surface area (Å²) in [5.41, 5.74) is 2.30. The van der Waals surface area contributed by atoms with Crippen LogP contribution in [0, 0.1) is 6.92 Å². The molecule has 0 saturated carbocycles. The molecule has 3 rings (SSSR count). The van der Waals surface area contributed by atoms with Crippen LogP contribution < -0.4 is 0 Å². The Balaban J connectivity index is 1.82. The largest absolute Gasteiger partial charge is 0.337 e. The van der Waals surface area contributed by atoms with Gasteiger partial charge in [-0.05, 0) is 31.2 Å². The van der Waals surface area contributed by atoms with Crippen molar-refractivity contribution in [3.8, 4) is 11.4 Å². The molecule has 0 aliphatic rings. The maximum atomic E-state index is 12.9. The third kappa shape index (κ3) is 4.56. The van der Waals surface area contributed by atoms with Crippen molar-refractivity contribution in [3.63, 3.8) is 0 Å². The van der Waals surface area contributed by atoms with Crippen LogP contribution in [0.5, 0.6) is 0 Å². The Morgan fingerprint density at radius 1 is 1.26 bits per heavy atom. The Hall–Kier alpha value is -2.63. The third-order valence-corrected chi connectivity index (χ3v) is 4.42. The lowest BCUT2D eigenvalue weighted by molar-refractivity contribution is 0.0745. The molecule has 0 unspecified atom stereocenters. The number of carbonyl (C=O) groups is 1. The third-order valence-electron chi connectivity index (χ3n) is 3.87. The normalized spacial score (nSPS) is 10.6. The Labute approximate surface area is 167 Å². The van der Waals surface area contributed by atoms with E-state index in [-0.39, 0.29) is 17.5 Å². The summed E-state index contributed by atoms with van der Waals surface area (Å²) in [6.07, 6.45) is 1.62. The fourth-order valence-corrected chi connectivity index (χ4v) is 3.08. The van der Waals surface area contributed by atoms with E-state index in [1.54, 1.807) is 18.2 Å². The average Bonchev–Trinajstić information content (AvgIpc) is 3.09. The van der Waals surface area contributed by atoms with Crippen LogP contribution in [0.1, 0.15) is 21.8 Å². The Morgan fingerprint density at radius 2 is 2.07 bits per heavy atom. The molecule has 0 saturated heterocycles. The van der Waals surface area contributed by atoms with Crippen molar-refractivity contribution in [3.05, 3.63) is 82.2 Å². The van der Waals surface area contributed by atoms with Crippen molar-refractivity contribution < 1.29 is 9.32 Å². The van der Waals surface area contributed by atoms with E-state index in [0.717, 1.165) is 11.1 Å². The van der Waals surface area contributed by atoms with Gasteiger partial charge in [0.15, 0.2) is 0 Å². The number of hydrogen-bond donors (Lipinski definition) is 0. The van der Waals surface area contributed by atoms with E-state index in [0.29, 0.717) is 28.8 Å². The highest BCUT2D eigenvalue weighted by atomic mass is 35.5.